The molecule has 4 nitrogen and oxygen atoms in total. The second-order valence-electron chi connectivity index (χ2n) is 10.3. The summed E-state index contributed by atoms with van der Waals surface area (Å²) >= 11 is 0. The average Bonchev–Trinajstić information content (AvgIpc) is 3.31. The maximum absolute atomic E-state index is 13.8. The van der Waals surface area contributed by atoms with Crippen molar-refractivity contribution in [2.24, 2.45) is 0 Å². The lowest BCUT2D eigenvalue weighted by atomic mass is 9.99. The summed E-state index contributed by atoms with van der Waals surface area (Å²) in [4.78, 5) is 18.8. The van der Waals surface area contributed by atoms with Gasteiger partial charge in [0.15, 0.2) is 0 Å². The number of rotatable bonds is 5. The fraction of sp³-hybridized carbons (Fsp3) is 0.483. The Balaban J connectivity index is 1.33. The summed E-state index contributed by atoms with van der Waals surface area (Å²) in [5, 5.41) is 1.25. The fourth-order valence-corrected chi connectivity index (χ4v) is 6.20. The molecular weight excluding hydrogens is 406 g/mol. The lowest BCUT2D eigenvalue weighted by Crippen LogP contribution is -2.37. The summed E-state index contributed by atoms with van der Waals surface area (Å²) < 4.78 is 2.11. The van der Waals surface area contributed by atoms with Gasteiger partial charge < -0.3 is 9.47 Å². The Hall–Kier alpha value is -2.43. The van der Waals surface area contributed by atoms with E-state index in [1.807, 2.05) is 0 Å². The zero-order valence-electron chi connectivity index (χ0n) is 19.7. The molecule has 2 aliphatic heterocycles. The van der Waals surface area contributed by atoms with Crippen LogP contribution in [-0.4, -0.2) is 40.5 Å². The molecule has 0 radical (unpaired) electrons. The zero-order valence-corrected chi connectivity index (χ0v) is 19.7. The molecule has 172 valence electrons. The molecule has 6 rings (SSSR count). The van der Waals surface area contributed by atoms with Gasteiger partial charge in [-0.25, -0.2) is 0 Å². The molecule has 0 amide bonds. The average molecular weight is 442 g/mol. The van der Waals surface area contributed by atoms with Crippen LogP contribution in [0.15, 0.2) is 47.3 Å². The van der Waals surface area contributed by atoms with Crippen LogP contribution in [0.1, 0.15) is 53.5 Å². The summed E-state index contributed by atoms with van der Waals surface area (Å²) in [7, 11) is 0. The first kappa shape index (κ1) is 21.1. The van der Waals surface area contributed by atoms with Gasteiger partial charge in [0.05, 0.1) is 5.52 Å². The highest BCUT2D eigenvalue weighted by Gasteiger charge is 2.20. The first-order chi connectivity index (χ1) is 16.2. The van der Waals surface area contributed by atoms with Gasteiger partial charge in [-0.1, -0.05) is 30.7 Å². The lowest BCUT2D eigenvalue weighted by molar-refractivity contribution is 0.220. The molecule has 0 unspecified atom stereocenters. The molecule has 0 saturated carbocycles. The molecule has 33 heavy (non-hydrogen) atoms. The third-order valence-electron chi connectivity index (χ3n) is 8.07. The molecule has 1 fully saturated rings. The van der Waals surface area contributed by atoms with Gasteiger partial charge >= 0.3 is 0 Å². The van der Waals surface area contributed by atoms with Crippen LogP contribution in [0, 0.1) is 0 Å². The van der Waals surface area contributed by atoms with Crippen molar-refractivity contribution < 1.29 is 0 Å². The SMILES string of the molecule is O=c1c(CN2CCc3ccccc3C2)cc2cc3c(cc2n1CCN1CCCCC1)CCC3. The Morgan fingerprint density at radius 1 is 0.697 bits per heavy atom. The topological polar surface area (TPSA) is 28.5 Å². The van der Waals surface area contributed by atoms with E-state index in [-0.39, 0.29) is 5.56 Å². The van der Waals surface area contributed by atoms with Crippen molar-refractivity contribution >= 4 is 10.9 Å². The Morgan fingerprint density at radius 3 is 2.33 bits per heavy atom. The minimum absolute atomic E-state index is 0.219. The number of aryl methyl sites for hydroxylation is 2. The van der Waals surface area contributed by atoms with E-state index in [0.717, 1.165) is 56.6 Å². The monoisotopic (exact) mass is 441 g/mol. The van der Waals surface area contributed by atoms with E-state index < -0.39 is 0 Å². The second-order valence-corrected chi connectivity index (χ2v) is 10.3. The molecule has 1 aromatic heterocycles. The molecule has 3 heterocycles. The number of hydrogen-bond donors (Lipinski definition) is 0. The van der Waals surface area contributed by atoms with E-state index in [9.17, 15) is 4.79 Å². The predicted molar refractivity (Wildman–Crippen MR) is 135 cm³/mol. The van der Waals surface area contributed by atoms with Crippen LogP contribution >= 0.6 is 0 Å². The van der Waals surface area contributed by atoms with Gasteiger partial charge in [0.25, 0.3) is 5.56 Å². The standard InChI is InChI=1S/C29H35N3O/c33-29-27(21-31-14-11-22-7-2-3-8-25(22)20-31)18-26-17-23-9-6-10-24(23)19-28(26)32(29)16-15-30-12-4-1-5-13-30/h2-3,7-8,17-19H,1,4-6,9-16,20-21H2. The van der Waals surface area contributed by atoms with Gasteiger partial charge in [-0.15, -0.1) is 0 Å². The van der Waals surface area contributed by atoms with Gasteiger partial charge in [-0.3, -0.25) is 9.69 Å². The van der Waals surface area contributed by atoms with Gasteiger partial charge in [0.2, 0.25) is 0 Å². The summed E-state index contributed by atoms with van der Waals surface area (Å²) in [6.45, 7) is 6.82. The van der Waals surface area contributed by atoms with Crippen molar-refractivity contribution in [2.45, 2.75) is 64.6 Å². The molecule has 4 heteroatoms. The minimum Gasteiger partial charge on any atom is -0.307 e. The normalized spacial score (nSPS) is 19.0. The zero-order chi connectivity index (χ0) is 22.2. The lowest BCUT2D eigenvalue weighted by Gasteiger charge is -2.29. The third-order valence-corrected chi connectivity index (χ3v) is 8.07. The highest BCUT2D eigenvalue weighted by molar-refractivity contribution is 5.82. The van der Waals surface area contributed by atoms with Crippen molar-refractivity contribution in [3.05, 3.63) is 80.6 Å². The molecule has 0 spiro atoms. The van der Waals surface area contributed by atoms with E-state index >= 15 is 0 Å². The number of benzene rings is 2. The highest BCUT2D eigenvalue weighted by Crippen LogP contribution is 2.28. The first-order valence-corrected chi connectivity index (χ1v) is 12.9. The molecule has 0 atom stereocenters. The van der Waals surface area contributed by atoms with Crippen molar-refractivity contribution in [1.82, 2.24) is 14.4 Å². The number of pyridine rings is 1. The Labute approximate surface area is 196 Å². The highest BCUT2D eigenvalue weighted by atomic mass is 16.1. The number of likely N-dealkylation sites (tertiary alicyclic amines) is 1. The van der Waals surface area contributed by atoms with Gasteiger partial charge in [0.1, 0.15) is 0 Å². The Morgan fingerprint density at radius 2 is 1.48 bits per heavy atom. The quantitative estimate of drug-likeness (QED) is 0.582. The van der Waals surface area contributed by atoms with E-state index in [2.05, 4.69) is 56.8 Å². The van der Waals surface area contributed by atoms with Crippen LogP contribution < -0.4 is 5.56 Å². The Kier molecular flexibility index (Phi) is 5.81. The molecule has 1 aliphatic carbocycles. The predicted octanol–water partition coefficient (Wildman–Crippen LogP) is 4.53. The van der Waals surface area contributed by atoms with E-state index in [1.54, 1.807) is 0 Å². The Bertz CT molecular complexity index is 1220. The van der Waals surface area contributed by atoms with Crippen LogP contribution in [0.4, 0.5) is 0 Å². The molecule has 3 aromatic rings. The van der Waals surface area contributed by atoms with Crippen LogP contribution in [0.2, 0.25) is 0 Å². The number of piperidine rings is 1. The van der Waals surface area contributed by atoms with Crippen LogP contribution in [-0.2, 0) is 38.9 Å². The minimum atomic E-state index is 0.219. The van der Waals surface area contributed by atoms with Crippen molar-refractivity contribution in [3.63, 3.8) is 0 Å². The van der Waals surface area contributed by atoms with Crippen molar-refractivity contribution in [2.75, 3.05) is 26.2 Å². The first-order valence-electron chi connectivity index (χ1n) is 12.9. The number of nitrogens with zero attached hydrogens (tertiary/aromatic N) is 3. The second kappa shape index (κ2) is 9.08. The summed E-state index contributed by atoms with van der Waals surface area (Å²) in [5.41, 5.74) is 8.13. The van der Waals surface area contributed by atoms with Gasteiger partial charge in [-0.05, 0) is 97.5 Å². The smallest absolute Gasteiger partial charge is 0.255 e. The van der Waals surface area contributed by atoms with E-state index in [0.29, 0.717) is 0 Å². The largest absolute Gasteiger partial charge is 0.307 e. The van der Waals surface area contributed by atoms with Gasteiger partial charge in [-0.2, -0.15) is 0 Å². The van der Waals surface area contributed by atoms with E-state index in [1.165, 1.54) is 72.8 Å². The molecule has 0 N–H and O–H groups in total. The number of aromatic nitrogens is 1. The molecule has 1 saturated heterocycles. The molecule has 3 aliphatic rings. The van der Waals surface area contributed by atoms with Crippen molar-refractivity contribution in [3.8, 4) is 0 Å². The van der Waals surface area contributed by atoms with Crippen molar-refractivity contribution in [1.29, 1.82) is 0 Å². The van der Waals surface area contributed by atoms with Gasteiger partial charge in [0, 0.05) is 38.3 Å². The number of hydrogen-bond acceptors (Lipinski definition) is 3. The third kappa shape index (κ3) is 4.27. The van der Waals surface area contributed by atoms with E-state index in [4.69, 9.17) is 0 Å². The molecule has 0 bridgehead atoms. The number of fused-ring (bicyclic) bond motifs is 3. The van der Waals surface area contributed by atoms with Crippen LogP contribution in [0.25, 0.3) is 10.9 Å². The summed E-state index contributed by atoms with van der Waals surface area (Å²) in [6.07, 6.45) is 8.57. The van der Waals surface area contributed by atoms with Crippen LogP contribution in [0.3, 0.4) is 0 Å². The summed E-state index contributed by atoms with van der Waals surface area (Å²) in [6, 6.07) is 15.7. The fourth-order valence-electron chi connectivity index (χ4n) is 6.20. The molecular formula is C29H35N3O. The maximum Gasteiger partial charge on any atom is 0.255 e. The summed E-state index contributed by atoms with van der Waals surface area (Å²) in [5.74, 6) is 0. The molecule has 2 aromatic carbocycles. The maximum atomic E-state index is 13.8. The van der Waals surface area contributed by atoms with Crippen LogP contribution in [0.5, 0.6) is 0 Å².